The first-order valence-corrected chi connectivity index (χ1v) is 11.8. The molecular weight excluding hydrogens is 458 g/mol. The number of thiophene rings is 1. The number of aromatic nitrogens is 1. The molecule has 0 spiro atoms. The zero-order valence-electron chi connectivity index (χ0n) is 17.2. The van der Waals surface area contributed by atoms with Crippen molar-refractivity contribution in [2.75, 3.05) is 4.90 Å². The van der Waals surface area contributed by atoms with Gasteiger partial charge in [-0.1, -0.05) is 35.4 Å². The smallest absolute Gasteiger partial charge is 0.174 e. The monoisotopic (exact) mass is 477 g/mol. The molecule has 2 aromatic heterocycles. The maximum absolute atomic E-state index is 6.28. The Balaban J connectivity index is 1.46. The lowest BCUT2D eigenvalue weighted by Crippen LogP contribution is -2.28. The number of ether oxygens (including phenoxy) is 1. The Morgan fingerprint density at radius 2 is 1.69 bits per heavy atom. The Bertz CT molecular complexity index is 1230. The molecule has 0 radical (unpaired) electrons. The standard InChI is InChI=1S/C25H20ClN3OS2/c1-16-5-9-18(10-6-16)30-19-11-7-17(8-12-19)29-24(21-13-14-22(26)32-21)23(28-25(29)31)20-4-2-3-15-27-20/h2-15,23-24H,1H3,(H,28,31)/t23-,24+/m1/s1. The summed E-state index contributed by atoms with van der Waals surface area (Å²) in [6, 6.07) is 25.8. The van der Waals surface area contributed by atoms with Gasteiger partial charge in [-0.15, -0.1) is 11.3 Å². The highest BCUT2D eigenvalue weighted by molar-refractivity contribution is 7.80. The van der Waals surface area contributed by atoms with Crippen molar-refractivity contribution < 1.29 is 4.74 Å². The fourth-order valence-corrected chi connectivity index (χ4v) is 5.36. The van der Waals surface area contributed by atoms with Crippen LogP contribution in [0.1, 0.15) is 28.2 Å². The minimum Gasteiger partial charge on any atom is -0.457 e. The van der Waals surface area contributed by atoms with Crippen molar-refractivity contribution in [3.63, 3.8) is 0 Å². The molecule has 1 N–H and O–H groups in total. The molecule has 7 heteroatoms. The average molecular weight is 478 g/mol. The summed E-state index contributed by atoms with van der Waals surface area (Å²) in [7, 11) is 0. The third-order valence-electron chi connectivity index (χ3n) is 5.36. The van der Waals surface area contributed by atoms with E-state index in [9.17, 15) is 0 Å². The predicted octanol–water partition coefficient (Wildman–Crippen LogP) is 7.07. The van der Waals surface area contributed by atoms with Crippen LogP contribution in [0.3, 0.4) is 0 Å². The molecule has 1 aliphatic heterocycles. The number of nitrogens with zero attached hydrogens (tertiary/aromatic N) is 2. The molecule has 0 aliphatic carbocycles. The van der Waals surface area contributed by atoms with Crippen molar-refractivity contribution >= 4 is 46.0 Å². The maximum atomic E-state index is 6.28. The van der Waals surface area contributed by atoms with Gasteiger partial charge in [-0.25, -0.2) is 0 Å². The van der Waals surface area contributed by atoms with Gasteiger partial charge in [0.1, 0.15) is 11.5 Å². The summed E-state index contributed by atoms with van der Waals surface area (Å²) in [4.78, 5) is 7.83. The van der Waals surface area contributed by atoms with Crippen molar-refractivity contribution in [2.45, 2.75) is 19.0 Å². The summed E-state index contributed by atoms with van der Waals surface area (Å²) in [6.45, 7) is 2.06. The zero-order chi connectivity index (χ0) is 22.1. The summed E-state index contributed by atoms with van der Waals surface area (Å²) in [5.74, 6) is 1.58. The second kappa shape index (κ2) is 8.90. The van der Waals surface area contributed by atoms with Gasteiger partial charge in [0.15, 0.2) is 5.11 Å². The molecule has 0 bridgehead atoms. The number of hydrogen-bond donors (Lipinski definition) is 1. The first kappa shape index (κ1) is 20.9. The van der Waals surface area contributed by atoms with Gasteiger partial charge in [0.2, 0.25) is 0 Å². The fourth-order valence-electron chi connectivity index (χ4n) is 3.83. The Morgan fingerprint density at radius 1 is 0.969 bits per heavy atom. The minimum absolute atomic E-state index is 0.0567. The summed E-state index contributed by atoms with van der Waals surface area (Å²) in [5.41, 5.74) is 3.11. The van der Waals surface area contributed by atoms with Gasteiger partial charge in [0, 0.05) is 16.8 Å². The number of nitrogens with one attached hydrogen (secondary N) is 1. The topological polar surface area (TPSA) is 37.4 Å². The van der Waals surface area contributed by atoms with E-state index in [0.29, 0.717) is 5.11 Å². The van der Waals surface area contributed by atoms with E-state index in [1.807, 2.05) is 72.8 Å². The van der Waals surface area contributed by atoms with E-state index < -0.39 is 0 Å². The molecule has 5 rings (SSSR count). The number of aryl methyl sites for hydroxylation is 1. The highest BCUT2D eigenvalue weighted by Gasteiger charge is 2.41. The van der Waals surface area contributed by atoms with E-state index in [2.05, 4.69) is 28.2 Å². The van der Waals surface area contributed by atoms with Gasteiger partial charge in [-0.05, 0) is 79.8 Å². The van der Waals surface area contributed by atoms with Crippen LogP contribution in [0.25, 0.3) is 0 Å². The summed E-state index contributed by atoms with van der Waals surface area (Å²) in [6.07, 6.45) is 1.80. The number of pyridine rings is 1. The van der Waals surface area contributed by atoms with Crippen LogP contribution in [0.15, 0.2) is 85.1 Å². The van der Waals surface area contributed by atoms with Gasteiger partial charge in [0.05, 0.1) is 22.1 Å². The molecular formula is C25H20ClN3OS2. The first-order chi connectivity index (χ1) is 15.6. The van der Waals surface area contributed by atoms with E-state index in [4.69, 9.17) is 28.6 Å². The number of anilines is 1. The van der Waals surface area contributed by atoms with Crippen molar-refractivity contribution in [2.24, 2.45) is 0 Å². The Labute approximate surface area is 201 Å². The van der Waals surface area contributed by atoms with E-state index in [-0.39, 0.29) is 12.1 Å². The van der Waals surface area contributed by atoms with Gasteiger partial charge < -0.3 is 15.0 Å². The van der Waals surface area contributed by atoms with Gasteiger partial charge in [0.25, 0.3) is 0 Å². The molecule has 4 aromatic rings. The summed E-state index contributed by atoms with van der Waals surface area (Å²) >= 11 is 13.6. The van der Waals surface area contributed by atoms with Crippen LogP contribution < -0.4 is 15.0 Å². The maximum Gasteiger partial charge on any atom is 0.174 e. The van der Waals surface area contributed by atoms with Crippen molar-refractivity contribution in [1.29, 1.82) is 0 Å². The lowest BCUT2D eigenvalue weighted by Gasteiger charge is -2.27. The van der Waals surface area contributed by atoms with Gasteiger partial charge >= 0.3 is 0 Å². The van der Waals surface area contributed by atoms with E-state index in [1.165, 1.54) is 5.56 Å². The highest BCUT2D eigenvalue weighted by Crippen LogP contribution is 2.44. The van der Waals surface area contributed by atoms with Gasteiger partial charge in [-0.2, -0.15) is 0 Å². The molecule has 2 atom stereocenters. The third-order valence-corrected chi connectivity index (χ3v) is 6.97. The molecule has 1 aliphatic rings. The fraction of sp³-hybridized carbons (Fsp3) is 0.120. The van der Waals surface area contributed by atoms with Crippen LogP contribution in [0.4, 0.5) is 5.69 Å². The lowest BCUT2D eigenvalue weighted by atomic mass is 10.0. The lowest BCUT2D eigenvalue weighted by molar-refractivity contribution is 0.482. The van der Waals surface area contributed by atoms with E-state index in [0.717, 1.165) is 32.1 Å². The minimum atomic E-state index is -0.0816. The molecule has 32 heavy (non-hydrogen) atoms. The second-order valence-corrected chi connectivity index (χ2v) is 9.68. The molecule has 3 heterocycles. The Kier molecular flexibility index (Phi) is 5.83. The third kappa shape index (κ3) is 4.21. The summed E-state index contributed by atoms with van der Waals surface area (Å²) < 4.78 is 6.74. The number of benzene rings is 2. The summed E-state index contributed by atoms with van der Waals surface area (Å²) in [5, 5.41) is 4.12. The molecule has 2 aromatic carbocycles. The van der Waals surface area contributed by atoms with Crippen LogP contribution in [-0.2, 0) is 0 Å². The SMILES string of the molecule is Cc1ccc(Oc2ccc(N3C(=S)N[C@H](c4ccccn4)[C@@H]3c3ccc(Cl)s3)cc2)cc1. The number of thiocarbonyl (C=S) groups is 1. The molecule has 0 saturated carbocycles. The molecule has 4 nitrogen and oxygen atoms in total. The van der Waals surface area contributed by atoms with Crippen LogP contribution in [0.5, 0.6) is 11.5 Å². The molecule has 0 unspecified atom stereocenters. The molecule has 160 valence electrons. The van der Waals surface area contributed by atoms with Crippen molar-refractivity contribution in [3.05, 3.63) is 106 Å². The largest absolute Gasteiger partial charge is 0.457 e. The molecule has 1 saturated heterocycles. The first-order valence-electron chi connectivity index (χ1n) is 10.2. The Hall–Kier alpha value is -2.93. The number of hydrogen-bond acceptors (Lipinski definition) is 4. The molecule has 0 amide bonds. The van der Waals surface area contributed by atoms with Crippen LogP contribution in [-0.4, -0.2) is 10.1 Å². The molecule has 1 fully saturated rings. The normalized spacial score (nSPS) is 17.9. The van der Waals surface area contributed by atoms with Crippen LogP contribution >= 0.6 is 35.2 Å². The van der Waals surface area contributed by atoms with Crippen LogP contribution in [0, 0.1) is 6.92 Å². The number of rotatable bonds is 5. The second-order valence-electron chi connectivity index (χ2n) is 7.55. The van der Waals surface area contributed by atoms with Crippen molar-refractivity contribution in [1.82, 2.24) is 10.3 Å². The average Bonchev–Trinajstić information content (AvgIpc) is 3.39. The van der Waals surface area contributed by atoms with E-state index >= 15 is 0 Å². The predicted molar refractivity (Wildman–Crippen MR) is 135 cm³/mol. The number of halogens is 1. The van der Waals surface area contributed by atoms with Gasteiger partial charge in [-0.3, -0.25) is 4.98 Å². The van der Waals surface area contributed by atoms with Crippen molar-refractivity contribution in [3.8, 4) is 11.5 Å². The van der Waals surface area contributed by atoms with Crippen LogP contribution in [0.2, 0.25) is 4.34 Å². The highest BCUT2D eigenvalue weighted by atomic mass is 35.5. The zero-order valence-corrected chi connectivity index (χ0v) is 19.6. The quantitative estimate of drug-likeness (QED) is 0.311. The van der Waals surface area contributed by atoms with E-state index in [1.54, 1.807) is 17.5 Å². The Morgan fingerprint density at radius 3 is 2.31 bits per heavy atom.